The molecular formula is C13H17BrN4O. The van der Waals surface area contributed by atoms with Crippen LogP contribution in [0.25, 0.3) is 0 Å². The van der Waals surface area contributed by atoms with Crippen LogP contribution in [0.15, 0.2) is 22.7 Å². The Morgan fingerprint density at radius 3 is 2.74 bits per heavy atom. The summed E-state index contributed by atoms with van der Waals surface area (Å²) >= 11 is 3.48. The van der Waals surface area contributed by atoms with Gasteiger partial charge in [-0.15, -0.1) is 5.10 Å². The topological polar surface area (TPSA) is 66.0 Å². The predicted molar refractivity (Wildman–Crippen MR) is 78.3 cm³/mol. The summed E-state index contributed by atoms with van der Waals surface area (Å²) < 4.78 is 7.98. The smallest absolute Gasteiger partial charge is 0.169 e. The molecule has 1 aromatic heterocycles. The number of halogens is 1. The van der Waals surface area contributed by atoms with E-state index in [9.17, 15) is 0 Å². The highest BCUT2D eigenvalue weighted by Crippen LogP contribution is 2.26. The summed E-state index contributed by atoms with van der Waals surface area (Å²) in [4.78, 5) is 0. The molecule has 0 saturated heterocycles. The molecule has 2 aromatic rings. The zero-order valence-electron chi connectivity index (χ0n) is 11.2. The molecule has 0 saturated carbocycles. The molecule has 5 nitrogen and oxygen atoms in total. The molecule has 0 radical (unpaired) electrons. The Bertz CT molecular complexity index is 580. The summed E-state index contributed by atoms with van der Waals surface area (Å²) in [5.41, 5.74) is 7.92. The van der Waals surface area contributed by atoms with Gasteiger partial charge in [0, 0.05) is 0 Å². The average molecular weight is 325 g/mol. The summed E-state index contributed by atoms with van der Waals surface area (Å²) in [5, 5.41) is 8.04. The number of nitrogens with two attached hydrogens (primary N) is 1. The van der Waals surface area contributed by atoms with Gasteiger partial charge in [0.25, 0.3) is 0 Å². The van der Waals surface area contributed by atoms with Crippen molar-refractivity contribution in [1.82, 2.24) is 15.0 Å². The first-order chi connectivity index (χ1) is 9.02. The van der Waals surface area contributed by atoms with E-state index in [1.165, 1.54) is 0 Å². The molecule has 2 N–H and O–H groups in total. The molecule has 0 amide bonds. The fraction of sp³-hybridized carbons (Fsp3) is 0.385. The van der Waals surface area contributed by atoms with E-state index in [0.717, 1.165) is 21.5 Å². The second-order valence-corrected chi connectivity index (χ2v) is 5.50. The normalized spacial score (nSPS) is 11.0. The highest BCUT2D eigenvalue weighted by atomic mass is 79.9. The van der Waals surface area contributed by atoms with Crippen LogP contribution < -0.4 is 10.5 Å². The maximum atomic E-state index is 5.85. The van der Waals surface area contributed by atoms with Crippen LogP contribution in [0.3, 0.4) is 0 Å². The zero-order chi connectivity index (χ0) is 14.0. The molecule has 0 spiro atoms. The van der Waals surface area contributed by atoms with Crippen LogP contribution in [-0.4, -0.2) is 22.1 Å². The van der Waals surface area contributed by atoms with E-state index in [0.29, 0.717) is 12.4 Å². The lowest BCUT2D eigenvalue weighted by atomic mass is 10.1. The van der Waals surface area contributed by atoms with E-state index in [-0.39, 0.29) is 5.92 Å². The first kappa shape index (κ1) is 13.9. The van der Waals surface area contributed by atoms with Crippen molar-refractivity contribution in [2.75, 3.05) is 12.8 Å². The molecule has 0 aliphatic carbocycles. The minimum absolute atomic E-state index is 0.289. The van der Waals surface area contributed by atoms with Crippen molar-refractivity contribution in [3.8, 4) is 5.75 Å². The summed E-state index contributed by atoms with van der Waals surface area (Å²) in [7, 11) is 1.65. The minimum Gasteiger partial charge on any atom is -0.496 e. The SMILES string of the molecule is COc1ccc(Cn2nnc(N)c2C(C)C)cc1Br. The lowest BCUT2D eigenvalue weighted by molar-refractivity contribution is 0.412. The van der Waals surface area contributed by atoms with Gasteiger partial charge in [-0.05, 0) is 39.5 Å². The van der Waals surface area contributed by atoms with Crippen molar-refractivity contribution in [3.05, 3.63) is 33.9 Å². The van der Waals surface area contributed by atoms with Crippen LogP contribution in [0.5, 0.6) is 5.75 Å². The van der Waals surface area contributed by atoms with E-state index in [2.05, 4.69) is 40.1 Å². The van der Waals surface area contributed by atoms with Crippen LogP contribution in [-0.2, 0) is 6.54 Å². The Kier molecular flexibility index (Phi) is 4.09. The molecule has 2 rings (SSSR count). The Morgan fingerprint density at radius 2 is 2.16 bits per heavy atom. The molecule has 1 heterocycles. The van der Waals surface area contributed by atoms with Crippen molar-refractivity contribution in [1.29, 1.82) is 0 Å². The van der Waals surface area contributed by atoms with Gasteiger partial charge >= 0.3 is 0 Å². The number of anilines is 1. The summed E-state index contributed by atoms with van der Waals surface area (Å²) in [5.74, 6) is 1.60. The molecule has 0 aliphatic heterocycles. The largest absolute Gasteiger partial charge is 0.496 e. The molecule has 0 fully saturated rings. The second kappa shape index (κ2) is 5.61. The van der Waals surface area contributed by atoms with Crippen LogP contribution in [0.1, 0.15) is 31.0 Å². The van der Waals surface area contributed by atoms with Gasteiger partial charge in [0.15, 0.2) is 5.82 Å². The van der Waals surface area contributed by atoms with Gasteiger partial charge in [-0.2, -0.15) is 0 Å². The molecule has 0 unspecified atom stereocenters. The Balaban J connectivity index is 2.29. The van der Waals surface area contributed by atoms with Gasteiger partial charge in [-0.1, -0.05) is 25.1 Å². The van der Waals surface area contributed by atoms with Crippen LogP contribution in [0, 0.1) is 0 Å². The Morgan fingerprint density at radius 1 is 1.42 bits per heavy atom. The fourth-order valence-corrected chi connectivity index (χ4v) is 2.61. The lowest BCUT2D eigenvalue weighted by Gasteiger charge is -2.11. The molecule has 6 heteroatoms. The lowest BCUT2D eigenvalue weighted by Crippen LogP contribution is -2.09. The molecule has 1 aromatic carbocycles. The standard InChI is InChI=1S/C13H17BrN4O/c1-8(2)12-13(15)16-17-18(12)7-9-4-5-11(19-3)10(14)6-9/h4-6,8H,7,15H2,1-3H3. The van der Waals surface area contributed by atoms with Gasteiger partial charge in [0.2, 0.25) is 0 Å². The van der Waals surface area contributed by atoms with Gasteiger partial charge in [0.1, 0.15) is 5.75 Å². The summed E-state index contributed by atoms with van der Waals surface area (Å²) in [6, 6.07) is 5.95. The van der Waals surface area contributed by atoms with E-state index < -0.39 is 0 Å². The molecule has 102 valence electrons. The second-order valence-electron chi connectivity index (χ2n) is 4.64. The van der Waals surface area contributed by atoms with Gasteiger partial charge in [-0.25, -0.2) is 4.68 Å². The first-order valence-corrected chi connectivity index (χ1v) is 6.83. The molecule has 0 aliphatic rings. The highest BCUT2D eigenvalue weighted by Gasteiger charge is 2.14. The number of ether oxygens (including phenoxy) is 1. The maximum absolute atomic E-state index is 5.85. The first-order valence-electron chi connectivity index (χ1n) is 6.04. The van der Waals surface area contributed by atoms with Gasteiger partial charge in [0.05, 0.1) is 23.8 Å². The number of nitrogens with zero attached hydrogens (tertiary/aromatic N) is 3. The quantitative estimate of drug-likeness (QED) is 0.939. The summed E-state index contributed by atoms with van der Waals surface area (Å²) in [6.45, 7) is 4.80. The number of rotatable bonds is 4. The van der Waals surface area contributed by atoms with Crippen molar-refractivity contribution in [2.45, 2.75) is 26.3 Å². The van der Waals surface area contributed by atoms with Crippen molar-refractivity contribution >= 4 is 21.7 Å². The molecule has 19 heavy (non-hydrogen) atoms. The fourth-order valence-electron chi connectivity index (χ4n) is 2.03. The number of nitrogen functional groups attached to an aromatic ring is 1. The number of hydrogen-bond donors (Lipinski definition) is 1. The number of methoxy groups -OCH3 is 1. The number of hydrogen-bond acceptors (Lipinski definition) is 4. The van der Waals surface area contributed by atoms with Crippen LogP contribution in [0.4, 0.5) is 5.82 Å². The van der Waals surface area contributed by atoms with Crippen molar-refractivity contribution in [2.24, 2.45) is 0 Å². The average Bonchev–Trinajstić information content (AvgIpc) is 2.70. The number of aromatic nitrogens is 3. The molecular weight excluding hydrogens is 308 g/mol. The van der Waals surface area contributed by atoms with Crippen molar-refractivity contribution in [3.63, 3.8) is 0 Å². The van der Waals surface area contributed by atoms with E-state index >= 15 is 0 Å². The predicted octanol–water partition coefficient (Wildman–Crippen LogP) is 2.80. The third-order valence-corrected chi connectivity index (χ3v) is 3.52. The highest BCUT2D eigenvalue weighted by molar-refractivity contribution is 9.10. The van der Waals surface area contributed by atoms with Crippen LogP contribution in [0.2, 0.25) is 0 Å². The maximum Gasteiger partial charge on any atom is 0.169 e. The summed E-state index contributed by atoms with van der Waals surface area (Å²) in [6.07, 6.45) is 0. The van der Waals surface area contributed by atoms with E-state index in [1.54, 1.807) is 7.11 Å². The third-order valence-electron chi connectivity index (χ3n) is 2.90. The zero-order valence-corrected chi connectivity index (χ0v) is 12.8. The molecule has 0 bridgehead atoms. The van der Waals surface area contributed by atoms with Crippen LogP contribution >= 0.6 is 15.9 Å². The Labute approximate surface area is 120 Å². The van der Waals surface area contributed by atoms with Gasteiger partial charge in [-0.3, -0.25) is 0 Å². The van der Waals surface area contributed by atoms with E-state index in [1.807, 2.05) is 22.9 Å². The number of benzene rings is 1. The monoisotopic (exact) mass is 324 g/mol. The van der Waals surface area contributed by atoms with Gasteiger partial charge < -0.3 is 10.5 Å². The molecule has 0 atom stereocenters. The van der Waals surface area contributed by atoms with E-state index in [4.69, 9.17) is 10.5 Å². The third kappa shape index (κ3) is 2.89. The minimum atomic E-state index is 0.289. The Hall–Kier alpha value is -1.56. The van der Waals surface area contributed by atoms with Crippen molar-refractivity contribution < 1.29 is 4.74 Å².